The number of rotatable bonds is 5. The Balaban J connectivity index is 1.71. The van der Waals surface area contributed by atoms with Gasteiger partial charge in [-0.15, -0.1) is 0 Å². The van der Waals surface area contributed by atoms with E-state index in [9.17, 15) is 9.59 Å². The first-order valence-electron chi connectivity index (χ1n) is 8.79. The molecule has 130 valence electrons. The average Bonchev–Trinajstić information content (AvgIpc) is 3.20. The lowest BCUT2D eigenvalue weighted by Crippen LogP contribution is -2.34. The number of nitrogens with one attached hydrogen (secondary N) is 2. The topological polar surface area (TPSA) is 67.4 Å². The highest BCUT2D eigenvalue weighted by Gasteiger charge is 2.36. The Hall–Kier alpha value is -1.88. The lowest BCUT2D eigenvalue weighted by Gasteiger charge is -2.21. The Morgan fingerprint density at radius 2 is 1.96 bits per heavy atom. The number of carbonyl (C=O) groups is 2. The van der Waals surface area contributed by atoms with Crippen LogP contribution in [-0.2, 0) is 9.53 Å². The van der Waals surface area contributed by atoms with Crippen LogP contribution in [0.2, 0.25) is 0 Å². The van der Waals surface area contributed by atoms with Crippen molar-refractivity contribution in [1.82, 2.24) is 5.32 Å². The quantitative estimate of drug-likeness (QED) is 0.872. The largest absolute Gasteiger partial charge is 0.368 e. The van der Waals surface area contributed by atoms with Crippen molar-refractivity contribution < 1.29 is 14.3 Å². The van der Waals surface area contributed by atoms with Crippen LogP contribution in [0.3, 0.4) is 0 Å². The number of anilines is 1. The molecule has 5 nitrogen and oxygen atoms in total. The van der Waals surface area contributed by atoms with Gasteiger partial charge in [0.05, 0.1) is 0 Å². The molecule has 1 aromatic rings. The molecule has 1 heterocycles. The van der Waals surface area contributed by atoms with E-state index in [0.29, 0.717) is 29.8 Å². The molecule has 1 aliphatic carbocycles. The molecule has 2 aliphatic rings. The predicted octanol–water partition coefficient (Wildman–Crippen LogP) is 2.89. The van der Waals surface area contributed by atoms with Gasteiger partial charge in [-0.05, 0) is 55.7 Å². The maximum Gasteiger partial charge on any atom is 0.253 e. The van der Waals surface area contributed by atoms with Crippen LogP contribution in [0.5, 0.6) is 0 Å². The molecule has 2 atom stereocenters. The smallest absolute Gasteiger partial charge is 0.253 e. The maximum absolute atomic E-state index is 12.6. The van der Waals surface area contributed by atoms with Crippen LogP contribution < -0.4 is 10.6 Å². The van der Waals surface area contributed by atoms with Gasteiger partial charge < -0.3 is 15.4 Å². The van der Waals surface area contributed by atoms with Gasteiger partial charge in [0.1, 0.15) is 6.10 Å². The molecule has 24 heavy (non-hydrogen) atoms. The molecule has 0 bridgehead atoms. The molecule has 1 saturated heterocycles. The zero-order valence-corrected chi connectivity index (χ0v) is 14.6. The minimum Gasteiger partial charge on any atom is -0.368 e. The van der Waals surface area contributed by atoms with Crippen molar-refractivity contribution in [2.75, 3.05) is 11.9 Å². The van der Waals surface area contributed by atoms with E-state index in [0.717, 1.165) is 24.8 Å². The summed E-state index contributed by atoms with van der Waals surface area (Å²) >= 11 is 0. The Morgan fingerprint density at radius 3 is 2.62 bits per heavy atom. The third-order valence-electron chi connectivity index (χ3n) is 4.92. The van der Waals surface area contributed by atoms with E-state index in [1.54, 1.807) is 12.1 Å². The van der Waals surface area contributed by atoms with Gasteiger partial charge in [0.2, 0.25) is 0 Å². The van der Waals surface area contributed by atoms with Crippen LogP contribution in [0, 0.1) is 18.8 Å². The summed E-state index contributed by atoms with van der Waals surface area (Å²) in [6.45, 7) is 6.79. The van der Waals surface area contributed by atoms with Gasteiger partial charge >= 0.3 is 0 Å². The van der Waals surface area contributed by atoms with E-state index in [1.165, 1.54) is 0 Å². The molecule has 0 aromatic heterocycles. The summed E-state index contributed by atoms with van der Waals surface area (Å²) < 4.78 is 5.65. The molecule has 2 fully saturated rings. The van der Waals surface area contributed by atoms with Crippen molar-refractivity contribution in [3.8, 4) is 0 Å². The maximum atomic E-state index is 12.6. The zero-order chi connectivity index (χ0) is 17.3. The molecule has 1 saturated carbocycles. The van der Waals surface area contributed by atoms with Gasteiger partial charge in [-0.2, -0.15) is 0 Å². The van der Waals surface area contributed by atoms with Crippen LogP contribution in [0.1, 0.15) is 49.0 Å². The minimum absolute atomic E-state index is 0.0785. The van der Waals surface area contributed by atoms with Crippen molar-refractivity contribution in [3.63, 3.8) is 0 Å². The molecular formula is C19H26N2O3. The van der Waals surface area contributed by atoms with Gasteiger partial charge in [-0.3, -0.25) is 9.59 Å². The predicted molar refractivity (Wildman–Crippen MR) is 93.0 cm³/mol. The summed E-state index contributed by atoms with van der Waals surface area (Å²) in [6.07, 6.45) is 2.61. The summed E-state index contributed by atoms with van der Waals surface area (Å²) in [5.74, 6) is 0.450. The van der Waals surface area contributed by atoms with Gasteiger partial charge in [-0.25, -0.2) is 0 Å². The van der Waals surface area contributed by atoms with E-state index >= 15 is 0 Å². The van der Waals surface area contributed by atoms with Crippen molar-refractivity contribution in [1.29, 1.82) is 0 Å². The van der Waals surface area contributed by atoms with Crippen LogP contribution in [0.15, 0.2) is 18.2 Å². The summed E-state index contributed by atoms with van der Waals surface area (Å²) in [4.78, 5) is 24.8. The van der Waals surface area contributed by atoms with Gasteiger partial charge in [-0.1, -0.05) is 19.9 Å². The first-order valence-corrected chi connectivity index (χ1v) is 8.79. The van der Waals surface area contributed by atoms with E-state index in [4.69, 9.17) is 4.74 Å². The van der Waals surface area contributed by atoms with Gasteiger partial charge in [0, 0.05) is 23.9 Å². The van der Waals surface area contributed by atoms with Crippen LogP contribution >= 0.6 is 0 Å². The number of benzene rings is 1. The molecule has 5 heteroatoms. The number of hydrogen-bond donors (Lipinski definition) is 2. The van der Waals surface area contributed by atoms with Crippen molar-refractivity contribution in [3.05, 3.63) is 29.3 Å². The van der Waals surface area contributed by atoms with Crippen LogP contribution in [0.4, 0.5) is 5.69 Å². The molecule has 2 N–H and O–H groups in total. The molecule has 2 amide bonds. The fraction of sp³-hybridized carbons (Fsp3) is 0.579. The highest BCUT2D eigenvalue weighted by molar-refractivity contribution is 5.99. The van der Waals surface area contributed by atoms with E-state index < -0.39 is 6.10 Å². The third kappa shape index (κ3) is 3.78. The molecule has 1 aromatic carbocycles. The Morgan fingerprint density at radius 1 is 1.21 bits per heavy atom. The van der Waals surface area contributed by atoms with Crippen molar-refractivity contribution in [2.24, 2.45) is 11.8 Å². The molecular weight excluding hydrogens is 304 g/mol. The van der Waals surface area contributed by atoms with Crippen molar-refractivity contribution >= 4 is 17.5 Å². The van der Waals surface area contributed by atoms with Crippen molar-refractivity contribution in [2.45, 2.75) is 52.2 Å². The van der Waals surface area contributed by atoms with Crippen LogP contribution in [-0.4, -0.2) is 30.6 Å². The molecule has 0 unspecified atom stereocenters. The normalized spacial score (nSPS) is 23.3. The molecule has 0 spiro atoms. The monoisotopic (exact) mass is 330 g/mol. The summed E-state index contributed by atoms with van der Waals surface area (Å²) in [7, 11) is 0. The number of amides is 2. The minimum atomic E-state index is -0.409. The summed E-state index contributed by atoms with van der Waals surface area (Å²) in [6, 6.07) is 5.73. The second-order valence-corrected chi connectivity index (χ2v) is 7.25. The number of aryl methyl sites for hydroxylation is 1. The zero-order valence-electron chi connectivity index (χ0n) is 14.6. The Kier molecular flexibility index (Phi) is 4.90. The molecule has 3 rings (SSSR count). The molecule has 1 aliphatic heterocycles. The lowest BCUT2D eigenvalue weighted by molar-refractivity contribution is -0.127. The Labute approximate surface area is 143 Å². The van der Waals surface area contributed by atoms with Crippen LogP contribution in [0.25, 0.3) is 0 Å². The molecule has 0 radical (unpaired) electrons. The standard InChI is InChI=1S/C19H26N2O3/c1-11(2)15-8-9-24-17(15)19(23)21-16-10-13(5-4-12(16)3)18(22)20-14-6-7-14/h4-5,10-11,14-15,17H,6-9H2,1-3H3,(H,20,22)(H,21,23)/t15-,17-/m1/s1. The number of ether oxygens (including phenoxy) is 1. The van der Waals surface area contributed by atoms with E-state index in [1.807, 2.05) is 13.0 Å². The fourth-order valence-corrected chi connectivity index (χ4v) is 3.16. The summed E-state index contributed by atoms with van der Waals surface area (Å²) in [5.41, 5.74) is 2.20. The SMILES string of the molecule is Cc1ccc(C(=O)NC2CC2)cc1NC(=O)[C@@H]1OCC[C@@H]1C(C)C. The van der Waals surface area contributed by atoms with E-state index in [-0.39, 0.29) is 17.7 Å². The second kappa shape index (κ2) is 6.93. The van der Waals surface area contributed by atoms with Gasteiger partial charge in [0.25, 0.3) is 11.8 Å². The lowest BCUT2D eigenvalue weighted by atomic mass is 9.89. The van der Waals surface area contributed by atoms with E-state index in [2.05, 4.69) is 24.5 Å². The second-order valence-electron chi connectivity index (χ2n) is 7.25. The fourth-order valence-electron chi connectivity index (χ4n) is 3.16. The Bertz CT molecular complexity index is 637. The first-order chi connectivity index (χ1) is 11.5. The highest BCUT2D eigenvalue weighted by atomic mass is 16.5. The average molecular weight is 330 g/mol. The third-order valence-corrected chi connectivity index (χ3v) is 4.92. The van der Waals surface area contributed by atoms with Gasteiger partial charge in [0.15, 0.2) is 0 Å². The number of hydrogen-bond acceptors (Lipinski definition) is 3. The number of carbonyl (C=O) groups excluding carboxylic acids is 2. The first kappa shape index (κ1) is 17.0. The highest BCUT2D eigenvalue weighted by Crippen LogP contribution is 2.29. The summed E-state index contributed by atoms with van der Waals surface area (Å²) in [5, 5.41) is 5.93.